The van der Waals surface area contributed by atoms with Crippen LogP contribution in [0.5, 0.6) is 0 Å². The van der Waals surface area contributed by atoms with Gasteiger partial charge in [-0.15, -0.1) is 0 Å². The number of rotatable bonds is 15. The summed E-state index contributed by atoms with van der Waals surface area (Å²) < 4.78 is 0. The molecule has 1 saturated carbocycles. The van der Waals surface area contributed by atoms with Crippen molar-refractivity contribution in [1.29, 1.82) is 0 Å². The van der Waals surface area contributed by atoms with Crippen LogP contribution >= 0.6 is 0 Å². The monoisotopic (exact) mass is 347 g/mol. The molecule has 25 heavy (non-hydrogen) atoms. The number of unbranched alkanes of at least 4 members (excludes halogenated alkanes) is 11. The van der Waals surface area contributed by atoms with Crippen LogP contribution in [0.3, 0.4) is 0 Å². The first-order valence-electron chi connectivity index (χ1n) is 11.5. The predicted molar refractivity (Wildman–Crippen MR) is 114 cm³/mol. The smallest absolute Gasteiger partial charge is 0.00723 e. The van der Waals surface area contributed by atoms with Crippen molar-refractivity contribution in [1.82, 2.24) is 0 Å². The Labute approximate surface area is 158 Å². The summed E-state index contributed by atoms with van der Waals surface area (Å²) in [5, 5.41) is 0. The van der Waals surface area contributed by atoms with Gasteiger partial charge in [0.05, 0.1) is 0 Å². The topological polar surface area (TPSA) is 26.0 Å². The molecule has 0 heterocycles. The Bertz CT molecular complexity index is 345. The van der Waals surface area contributed by atoms with Crippen LogP contribution in [0.25, 0.3) is 0 Å². The molecule has 1 rings (SSSR count). The molecule has 0 amide bonds. The van der Waals surface area contributed by atoms with E-state index >= 15 is 0 Å². The molecule has 1 fully saturated rings. The average Bonchev–Trinajstić information content (AvgIpc) is 2.65. The van der Waals surface area contributed by atoms with Gasteiger partial charge in [0.1, 0.15) is 0 Å². The Hall–Kier alpha value is -0.720. The highest BCUT2D eigenvalue weighted by atomic mass is 14.6. The summed E-state index contributed by atoms with van der Waals surface area (Å²) in [6.07, 6.45) is 30.5. The summed E-state index contributed by atoms with van der Waals surface area (Å²) in [4.78, 5) is 0. The van der Waals surface area contributed by atoms with E-state index in [0.29, 0.717) is 0 Å². The van der Waals surface area contributed by atoms with Gasteiger partial charge >= 0.3 is 0 Å². The number of nitrogens with two attached hydrogens (primary N) is 1. The Morgan fingerprint density at radius 2 is 1.24 bits per heavy atom. The summed E-state index contributed by atoms with van der Waals surface area (Å²) in [5.41, 5.74) is 9.09. The quantitative estimate of drug-likeness (QED) is 0.234. The molecular formula is C24H45N. The fourth-order valence-electron chi connectivity index (χ4n) is 3.86. The zero-order valence-electron chi connectivity index (χ0n) is 17.2. The summed E-state index contributed by atoms with van der Waals surface area (Å²) >= 11 is 0. The van der Waals surface area contributed by atoms with Crippen molar-refractivity contribution in [3.05, 3.63) is 23.4 Å². The highest BCUT2D eigenvalue weighted by Gasteiger charge is 2.08. The average molecular weight is 348 g/mol. The Morgan fingerprint density at radius 3 is 1.84 bits per heavy atom. The molecule has 0 radical (unpaired) electrons. The summed E-state index contributed by atoms with van der Waals surface area (Å²) in [6.45, 7) is 2.28. The molecular weight excluding hydrogens is 302 g/mol. The lowest BCUT2D eigenvalue weighted by Gasteiger charge is -2.16. The Balaban J connectivity index is 1.83. The summed E-state index contributed by atoms with van der Waals surface area (Å²) in [7, 11) is 0. The van der Waals surface area contributed by atoms with E-state index in [1.165, 1.54) is 121 Å². The number of allylic oxidation sites excluding steroid dienone is 4. The van der Waals surface area contributed by atoms with E-state index in [2.05, 4.69) is 19.1 Å². The maximum atomic E-state index is 6.27. The molecule has 0 aliphatic heterocycles. The largest absolute Gasteiger partial charge is 0.402 e. The normalized spacial score (nSPS) is 15.2. The Kier molecular flexibility index (Phi) is 14.9. The van der Waals surface area contributed by atoms with Crippen LogP contribution in [-0.4, -0.2) is 0 Å². The van der Waals surface area contributed by atoms with E-state index < -0.39 is 0 Å². The lowest BCUT2D eigenvalue weighted by Crippen LogP contribution is -2.06. The lowest BCUT2D eigenvalue weighted by atomic mass is 9.92. The van der Waals surface area contributed by atoms with Crippen LogP contribution in [0.2, 0.25) is 0 Å². The van der Waals surface area contributed by atoms with Crippen LogP contribution in [-0.2, 0) is 0 Å². The van der Waals surface area contributed by atoms with Gasteiger partial charge in [-0.05, 0) is 64.2 Å². The van der Waals surface area contributed by atoms with Gasteiger partial charge in [-0.25, -0.2) is 0 Å². The molecule has 0 atom stereocenters. The molecule has 0 aromatic rings. The van der Waals surface area contributed by atoms with E-state index in [-0.39, 0.29) is 0 Å². The van der Waals surface area contributed by atoms with E-state index in [1.807, 2.05) is 0 Å². The van der Waals surface area contributed by atoms with Crippen molar-refractivity contribution in [2.45, 2.75) is 129 Å². The van der Waals surface area contributed by atoms with Gasteiger partial charge in [0, 0.05) is 5.70 Å². The van der Waals surface area contributed by atoms with E-state index in [0.717, 1.165) is 6.42 Å². The van der Waals surface area contributed by atoms with Gasteiger partial charge in [0.2, 0.25) is 0 Å². The van der Waals surface area contributed by atoms with Crippen molar-refractivity contribution in [2.75, 3.05) is 0 Å². The van der Waals surface area contributed by atoms with E-state index in [9.17, 15) is 0 Å². The third kappa shape index (κ3) is 13.2. The summed E-state index contributed by atoms with van der Waals surface area (Å²) in [5.74, 6) is 0. The molecule has 0 aromatic heterocycles. The fraction of sp³-hybridized carbons (Fsp3) is 0.833. The number of hydrogen-bond acceptors (Lipinski definition) is 1. The first-order valence-corrected chi connectivity index (χ1v) is 11.5. The maximum Gasteiger partial charge on any atom is 0.00723 e. The first-order chi connectivity index (χ1) is 12.3. The second-order valence-electron chi connectivity index (χ2n) is 8.02. The Morgan fingerprint density at radius 1 is 0.720 bits per heavy atom. The van der Waals surface area contributed by atoms with Crippen molar-refractivity contribution in [3.8, 4) is 0 Å². The van der Waals surface area contributed by atoms with Gasteiger partial charge in [-0.2, -0.15) is 0 Å². The second kappa shape index (κ2) is 16.7. The zero-order valence-corrected chi connectivity index (χ0v) is 17.2. The maximum absolute atomic E-state index is 6.27. The SMILES string of the molecule is CCCCCCCC/C=C\CCCCCCCC(N)=C1CCCCC1. The standard InChI is InChI=1S/C24H45N/c1-2-3-4-5-6-7-8-9-10-11-12-13-14-15-19-22-24(25)23-20-17-16-18-21-23/h9-10H,2-8,11-22,25H2,1H3/b10-9-. The minimum absolute atomic E-state index is 1.15. The van der Waals surface area contributed by atoms with Gasteiger partial charge in [-0.3, -0.25) is 0 Å². The van der Waals surface area contributed by atoms with Crippen LogP contribution < -0.4 is 5.73 Å². The van der Waals surface area contributed by atoms with Gasteiger partial charge in [0.25, 0.3) is 0 Å². The molecule has 1 aliphatic rings. The zero-order chi connectivity index (χ0) is 18.0. The second-order valence-corrected chi connectivity index (χ2v) is 8.02. The molecule has 1 nitrogen and oxygen atoms in total. The molecule has 0 aromatic carbocycles. The van der Waals surface area contributed by atoms with Crippen molar-refractivity contribution in [3.63, 3.8) is 0 Å². The van der Waals surface area contributed by atoms with Gasteiger partial charge in [0.15, 0.2) is 0 Å². The van der Waals surface area contributed by atoms with Crippen molar-refractivity contribution in [2.24, 2.45) is 5.73 Å². The van der Waals surface area contributed by atoms with Crippen LogP contribution in [0, 0.1) is 0 Å². The highest BCUT2D eigenvalue weighted by Crippen LogP contribution is 2.26. The van der Waals surface area contributed by atoms with Crippen LogP contribution in [0.1, 0.15) is 129 Å². The third-order valence-corrected chi connectivity index (χ3v) is 5.62. The van der Waals surface area contributed by atoms with E-state index in [4.69, 9.17) is 5.73 Å². The van der Waals surface area contributed by atoms with Crippen LogP contribution in [0.4, 0.5) is 0 Å². The van der Waals surface area contributed by atoms with Gasteiger partial charge in [-0.1, -0.05) is 82.4 Å². The van der Waals surface area contributed by atoms with Gasteiger partial charge < -0.3 is 5.73 Å². The molecule has 1 aliphatic carbocycles. The molecule has 146 valence electrons. The molecule has 0 bridgehead atoms. The fourth-order valence-corrected chi connectivity index (χ4v) is 3.86. The van der Waals surface area contributed by atoms with Crippen molar-refractivity contribution < 1.29 is 0 Å². The first kappa shape index (κ1) is 22.3. The molecule has 0 spiro atoms. The lowest BCUT2D eigenvalue weighted by molar-refractivity contribution is 0.577. The van der Waals surface area contributed by atoms with Crippen LogP contribution in [0.15, 0.2) is 23.4 Å². The molecule has 1 heteroatoms. The van der Waals surface area contributed by atoms with E-state index in [1.54, 1.807) is 5.57 Å². The highest BCUT2D eigenvalue weighted by molar-refractivity contribution is 5.12. The minimum atomic E-state index is 1.15. The minimum Gasteiger partial charge on any atom is -0.402 e. The third-order valence-electron chi connectivity index (χ3n) is 5.62. The predicted octanol–water partition coefficient (Wildman–Crippen LogP) is 8.20. The molecule has 0 saturated heterocycles. The number of hydrogen-bond donors (Lipinski definition) is 1. The van der Waals surface area contributed by atoms with Crippen molar-refractivity contribution >= 4 is 0 Å². The molecule has 2 N–H and O–H groups in total. The molecule has 0 unspecified atom stereocenters. The summed E-state index contributed by atoms with van der Waals surface area (Å²) in [6, 6.07) is 0.